The van der Waals surface area contributed by atoms with Gasteiger partial charge in [0.25, 0.3) is 0 Å². The van der Waals surface area contributed by atoms with Gasteiger partial charge in [-0.25, -0.2) is 0 Å². The molecule has 0 bridgehead atoms. The largest absolute Gasteiger partial charge is 0.497 e. The summed E-state index contributed by atoms with van der Waals surface area (Å²) < 4.78 is 46.5. The lowest BCUT2D eigenvalue weighted by atomic mass is 9.96. The summed E-state index contributed by atoms with van der Waals surface area (Å²) in [6, 6.07) is 15.9. The van der Waals surface area contributed by atoms with Crippen molar-refractivity contribution in [3.63, 3.8) is 0 Å². The second-order valence-electron chi connectivity index (χ2n) is 9.90. The van der Waals surface area contributed by atoms with Crippen LogP contribution in [-0.2, 0) is 28.4 Å². The average Bonchev–Trinajstić information content (AvgIpc) is 3.01. The first kappa shape index (κ1) is 29.9. The number of rotatable bonds is 10. The lowest BCUT2D eigenvalue weighted by Gasteiger charge is -2.49. The molecular weight excluding hydrogens is 540 g/mol. The Balaban J connectivity index is 1.28. The average molecular weight is 577 g/mol. The van der Waals surface area contributed by atoms with E-state index in [1.807, 2.05) is 30.3 Å². The quantitative estimate of drug-likeness (QED) is 0.294. The predicted molar refractivity (Wildman–Crippen MR) is 141 cm³/mol. The number of hydrogen-bond acceptors (Lipinski definition) is 12. The van der Waals surface area contributed by atoms with E-state index in [1.165, 1.54) is 7.11 Å². The maximum absolute atomic E-state index is 11.3. The van der Waals surface area contributed by atoms with Gasteiger partial charge in [0.1, 0.15) is 60.3 Å². The molecule has 0 radical (unpaired) electrons. The first-order valence-corrected chi connectivity index (χ1v) is 13.4. The van der Waals surface area contributed by atoms with Gasteiger partial charge >= 0.3 is 0 Å². The molecule has 0 amide bonds. The monoisotopic (exact) mass is 576 g/mol. The zero-order valence-electron chi connectivity index (χ0n) is 22.5. The van der Waals surface area contributed by atoms with E-state index in [2.05, 4.69) is 6.58 Å². The molecule has 12 nitrogen and oxygen atoms in total. The maximum Gasteiger partial charge on any atom is 0.229 e. The summed E-state index contributed by atoms with van der Waals surface area (Å²) in [4.78, 5) is 0. The van der Waals surface area contributed by atoms with Gasteiger partial charge in [0.2, 0.25) is 6.29 Å². The van der Waals surface area contributed by atoms with Crippen LogP contribution >= 0.6 is 0 Å². The molecule has 0 unspecified atom stereocenters. The summed E-state index contributed by atoms with van der Waals surface area (Å²) in [5.41, 5.74) is 0.801. The second kappa shape index (κ2) is 13.6. The molecule has 12 heteroatoms. The predicted octanol–water partition coefficient (Wildman–Crippen LogP) is 0.669. The van der Waals surface area contributed by atoms with Crippen LogP contribution in [0.15, 0.2) is 67.3 Å². The van der Waals surface area contributed by atoms with Crippen LogP contribution in [0, 0.1) is 0 Å². The number of methoxy groups -OCH3 is 1. The van der Waals surface area contributed by atoms with Crippen LogP contribution < -0.4 is 9.47 Å². The summed E-state index contributed by atoms with van der Waals surface area (Å²) in [6.07, 6.45) is -11.0. The second-order valence-corrected chi connectivity index (χ2v) is 9.90. The third-order valence-electron chi connectivity index (χ3n) is 7.21. The number of ether oxygens (including phenoxy) is 8. The molecule has 4 N–H and O–H groups in total. The summed E-state index contributed by atoms with van der Waals surface area (Å²) in [6.45, 7) is 3.33. The van der Waals surface area contributed by atoms with E-state index in [4.69, 9.17) is 37.9 Å². The standard InChI is InChI=1S/C29H36O12/c1-3-13-35-26-23(33)29(39-20-15-36-27(41-25(20)26)16-7-5-4-6-8-16)40-24-19(14-30)38-28(22(32)21(24)31)37-18-11-9-17(34-2)10-12-18/h3-12,19-33H,1,13-15H2,2H3/t19-,20-,21-,22-,23-,24-,25+,26-,27+,28-,29+/m1/s1. The van der Waals surface area contributed by atoms with E-state index >= 15 is 0 Å². The van der Waals surface area contributed by atoms with Crippen molar-refractivity contribution in [3.8, 4) is 11.5 Å². The Kier molecular flexibility index (Phi) is 9.88. The fourth-order valence-corrected chi connectivity index (χ4v) is 5.09. The Morgan fingerprint density at radius 1 is 0.878 bits per heavy atom. The van der Waals surface area contributed by atoms with Crippen LogP contribution in [0.4, 0.5) is 0 Å². The highest BCUT2D eigenvalue weighted by atomic mass is 16.8. The minimum Gasteiger partial charge on any atom is -0.497 e. The van der Waals surface area contributed by atoms with Crippen LogP contribution in [0.2, 0.25) is 0 Å². The number of benzene rings is 2. The highest BCUT2D eigenvalue weighted by molar-refractivity contribution is 5.31. The van der Waals surface area contributed by atoms with Gasteiger partial charge in [-0.2, -0.15) is 0 Å². The normalized spacial score (nSPS) is 37.1. The molecule has 2 aromatic rings. The molecular formula is C29H36O12. The molecule has 0 aromatic heterocycles. The van der Waals surface area contributed by atoms with Crippen molar-refractivity contribution in [2.75, 3.05) is 26.9 Å². The minimum absolute atomic E-state index is 0.109. The van der Waals surface area contributed by atoms with E-state index in [-0.39, 0.29) is 13.2 Å². The Hall–Kier alpha value is -2.62. The van der Waals surface area contributed by atoms with Crippen molar-refractivity contribution < 1.29 is 58.3 Å². The number of hydrogen-bond donors (Lipinski definition) is 4. The van der Waals surface area contributed by atoms with Gasteiger partial charge in [0.15, 0.2) is 12.6 Å². The van der Waals surface area contributed by atoms with Gasteiger partial charge in [-0.15, -0.1) is 6.58 Å². The molecule has 224 valence electrons. The Morgan fingerprint density at radius 3 is 2.29 bits per heavy atom. The Morgan fingerprint density at radius 2 is 1.61 bits per heavy atom. The summed E-state index contributed by atoms with van der Waals surface area (Å²) >= 11 is 0. The molecule has 3 heterocycles. The van der Waals surface area contributed by atoms with Gasteiger partial charge < -0.3 is 58.3 Å². The van der Waals surface area contributed by atoms with E-state index in [9.17, 15) is 20.4 Å². The molecule has 0 saturated carbocycles. The topological polar surface area (TPSA) is 155 Å². The highest BCUT2D eigenvalue weighted by Crippen LogP contribution is 2.37. The van der Waals surface area contributed by atoms with Crippen molar-refractivity contribution in [2.24, 2.45) is 0 Å². The van der Waals surface area contributed by atoms with Crippen LogP contribution in [0.3, 0.4) is 0 Å². The highest BCUT2D eigenvalue weighted by Gasteiger charge is 2.54. The van der Waals surface area contributed by atoms with Crippen molar-refractivity contribution in [3.05, 3.63) is 72.8 Å². The molecule has 0 spiro atoms. The third-order valence-corrected chi connectivity index (χ3v) is 7.21. The van der Waals surface area contributed by atoms with Crippen molar-refractivity contribution in [1.82, 2.24) is 0 Å². The number of aliphatic hydroxyl groups is 4. The molecule has 0 aliphatic carbocycles. The Bertz CT molecular complexity index is 1100. The van der Waals surface area contributed by atoms with E-state index in [0.29, 0.717) is 11.5 Å². The Labute approximate surface area is 237 Å². The van der Waals surface area contributed by atoms with E-state index in [1.54, 1.807) is 30.3 Å². The van der Waals surface area contributed by atoms with Gasteiger partial charge in [-0.3, -0.25) is 0 Å². The molecule has 3 fully saturated rings. The molecule has 3 aliphatic heterocycles. The van der Waals surface area contributed by atoms with Crippen LogP contribution in [-0.4, -0.2) is 109 Å². The fourth-order valence-electron chi connectivity index (χ4n) is 5.09. The van der Waals surface area contributed by atoms with Crippen molar-refractivity contribution in [1.29, 1.82) is 0 Å². The third kappa shape index (κ3) is 6.57. The van der Waals surface area contributed by atoms with Crippen LogP contribution in [0.5, 0.6) is 11.5 Å². The van der Waals surface area contributed by atoms with Crippen LogP contribution in [0.25, 0.3) is 0 Å². The smallest absolute Gasteiger partial charge is 0.229 e. The summed E-state index contributed by atoms with van der Waals surface area (Å²) in [5, 5.41) is 43.1. The van der Waals surface area contributed by atoms with E-state index < -0.39 is 74.3 Å². The van der Waals surface area contributed by atoms with Crippen molar-refractivity contribution in [2.45, 2.75) is 67.7 Å². The molecule has 3 saturated heterocycles. The van der Waals surface area contributed by atoms with Gasteiger partial charge in [-0.1, -0.05) is 36.4 Å². The lowest BCUT2D eigenvalue weighted by Crippen LogP contribution is -2.66. The number of fused-ring (bicyclic) bond motifs is 1. The maximum atomic E-state index is 11.3. The number of aliphatic hydroxyl groups excluding tert-OH is 4. The summed E-state index contributed by atoms with van der Waals surface area (Å²) in [7, 11) is 1.53. The zero-order valence-corrected chi connectivity index (χ0v) is 22.5. The molecule has 5 rings (SSSR count). The van der Waals surface area contributed by atoms with Gasteiger partial charge in [0.05, 0.1) is 26.9 Å². The molecule has 2 aromatic carbocycles. The van der Waals surface area contributed by atoms with Gasteiger partial charge in [-0.05, 0) is 24.3 Å². The zero-order chi connectivity index (χ0) is 28.9. The first-order valence-electron chi connectivity index (χ1n) is 13.4. The molecule has 41 heavy (non-hydrogen) atoms. The fraction of sp³-hybridized carbons (Fsp3) is 0.517. The first-order chi connectivity index (χ1) is 19.9. The van der Waals surface area contributed by atoms with Gasteiger partial charge in [0, 0.05) is 5.56 Å². The van der Waals surface area contributed by atoms with E-state index in [0.717, 1.165) is 5.56 Å². The SMILES string of the molecule is C=CCO[C@@H]1[C@@H](O)[C@H](O[C@H]2[C@H](O)[C@@H](O)[C@H](Oc3ccc(OC)cc3)O[C@@H]2CO)O[C@@H]2CO[C@H](c3ccccc3)O[C@H]12. The van der Waals surface area contributed by atoms with Crippen molar-refractivity contribution >= 4 is 0 Å². The molecule has 11 atom stereocenters. The van der Waals surface area contributed by atoms with Crippen LogP contribution in [0.1, 0.15) is 11.9 Å². The minimum atomic E-state index is -1.56. The summed E-state index contributed by atoms with van der Waals surface area (Å²) in [5.74, 6) is 0.959. The molecule has 3 aliphatic rings. The lowest BCUT2D eigenvalue weighted by molar-refractivity contribution is -0.385.